The third-order valence-corrected chi connectivity index (χ3v) is 8.11. The average molecular weight is 507 g/mol. The van der Waals surface area contributed by atoms with Crippen LogP contribution in [0.5, 0.6) is 11.5 Å². The van der Waals surface area contributed by atoms with E-state index in [1.54, 1.807) is 20.8 Å². The standard InChI is InChI=1S/C24H27FN2O7S/c1-16-22(29)26(23(30)24(16,2)3)14-18(27(31)15-28)12-13-35(32,33)21-10-8-20(9-11-21)34-19-6-4-17(25)5-7-19/h4-11,15-16,18,31H,12-14H2,1-3H3/t16?,18-/m1/s1. The van der Waals surface area contributed by atoms with Gasteiger partial charge in [0.2, 0.25) is 18.2 Å². The second-order valence-electron chi connectivity index (χ2n) is 8.97. The molecule has 0 radical (unpaired) electrons. The fraction of sp³-hybridized carbons (Fsp3) is 0.375. The molecule has 1 aliphatic rings. The van der Waals surface area contributed by atoms with Gasteiger partial charge in [-0.3, -0.25) is 24.5 Å². The van der Waals surface area contributed by atoms with Gasteiger partial charge in [-0.15, -0.1) is 0 Å². The van der Waals surface area contributed by atoms with Crippen LogP contribution < -0.4 is 4.74 Å². The zero-order chi connectivity index (χ0) is 26.0. The summed E-state index contributed by atoms with van der Waals surface area (Å²) in [7, 11) is -3.83. The van der Waals surface area contributed by atoms with Crippen molar-refractivity contribution in [2.45, 2.75) is 38.1 Å². The fourth-order valence-corrected chi connectivity index (χ4v) is 5.08. The van der Waals surface area contributed by atoms with E-state index in [9.17, 15) is 32.4 Å². The minimum absolute atomic E-state index is 0.0126. The summed E-state index contributed by atoms with van der Waals surface area (Å²) in [5, 5.41) is 10.3. The van der Waals surface area contributed by atoms with E-state index in [0.29, 0.717) is 11.5 Å². The Bertz CT molecular complexity index is 1200. The average Bonchev–Trinajstić information content (AvgIpc) is 2.97. The van der Waals surface area contributed by atoms with E-state index >= 15 is 0 Å². The number of carbonyl (C=O) groups is 3. The number of nitrogens with zero attached hydrogens (tertiary/aromatic N) is 2. The highest BCUT2D eigenvalue weighted by Gasteiger charge is 2.51. The quantitative estimate of drug-likeness (QED) is 0.228. The van der Waals surface area contributed by atoms with Crippen LogP contribution in [0.25, 0.3) is 0 Å². The first-order valence-corrected chi connectivity index (χ1v) is 12.6. The normalized spacial score (nSPS) is 18.4. The molecule has 0 spiro atoms. The number of ether oxygens (including phenoxy) is 1. The number of benzene rings is 2. The van der Waals surface area contributed by atoms with Crippen LogP contribution >= 0.6 is 0 Å². The third kappa shape index (κ3) is 5.68. The van der Waals surface area contributed by atoms with Crippen molar-refractivity contribution in [3.8, 4) is 11.5 Å². The number of hydrogen-bond acceptors (Lipinski definition) is 7. The Hall–Kier alpha value is -3.31. The van der Waals surface area contributed by atoms with E-state index in [1.807, 2.05) is 0 Å². The number of sulfone groups is 1. The highest BCUT2D eigenvalue weighted by atomic mass is 32.2. The summed E-state index contributed by atoms with van der Waals surface area (Å²) in [6.45, 7) is 4.58. The van der Waals surface area contributed by atoms with Crippen LogP contribution in [0.4, 0.5) is 4.39 Å². The first kappa shape index (κ1) is 26.3. The van der Waals surface area contributed by atoms with E-state index in [2.05, 4.69) is 0 Å². The Morgan fingerprint density at radius 3 is 2.14 bits per heavy atom. The third-order valence-electron chi connectivity index (χ3n) is 6.34. The van der Waals surface area contributed by atoms with Crippen LogP contribution in [-0.2, 0) is 24.2 Å². The molecule has 3 amide bonds. The second kappa shape index (κ2) is 10.1. The van der Waals surface area contributed by atoms with Gasteiger partial charge in [0, 0.05) is 5.92 Å². The predicted molar refractivity (Wildman–Crippen MR) is 123 cm³/mol. The van der Waals surface area contributed by atoms with Crippen LogP contribution in [0.1, 0.15) is 27.2 Å². The Morgan fingerprint density at radius 2 is 1.66 bits per heavy atom. The zero-order valence-electron chi connectivity index (χ0n) is 19.5. The Kier molecular flexibility index (Phi) is 7.61. The molecule has 2 aromatic rings. The monoisotopic (exact) mass is 506 g/mol. The molecule has 1 unspecified atom stereocenters. The molecule has 3 rings (SSSR count). The number of amides is 3. The van der Waals surface area contributed by atoms with Crippen molar-refractivity contribution in [2.24, 2.45) is 11.3 Å². The van der Waals surface area contributed by atoms with E-state index < -0.39 is 50.6 Å². The number of imide groups is 1. The maximum absolute atomic E-state index is 13.0. The maximum atomic E-state index is 13.0. The van der Waals surface area contributed by atoms with Gasteiger partial charge in [-0.25, -0.2) is 17.9 Å². The van der Waals surface area contributed by atoms with Gasteiger partial charge >= 0.3 is 0 Å². The summed E-state index contributed by atoms with van der Waals surface area (Å²) in [5.74, 6) is -1.61. The summed E-state index contributed by atoms with van der Waals surface area (Å²) in [5.41, 5.74) is -0.938. The lowest BCUT2D eigenvalue weighted by Gasteiger charge is -2.27. The van der Waals surface area contributed by atoms with Crippen LogP contribution in [0, 0.1) is 17.2 Å². The van der Waals surface area contributed by atoms with Gasteiger partial charge in [0.25, 0.3) is 0 Å². The van der Waals surface area contributed by atoms with Gasteiger partial charge < -0.3 is 4.74 Å². The van der Waals surface area contributed by atoms with Crippen LogP contribution in [0.15, 0.2) is 53.4 Å². The van der Waals surface area contributed by atoms with Crippen LogP contribution in [0.2, 0.25) is 0 Å². The van der Waals surface area contributed by atoms with Crippen molar-refractivity contribution in [1.29, 1.82) is 0 Å². The van der Waals surface area contributed by atoms with E-state index in [0.717, 1.165) is 4.90 Å². The van der Waals surface area contributed by atoms with E-state index in [4.69, 9.17) is 4.74 Å². The number of carbonyl (C=O) groups excluding carboxylic acids is 3. The second-order valence-corrected chi connectivity index (χ2v) is 11.1. The molecule has 1 fully saturated rings. The lowest BCUT2D eigenvalue weighted by Crippen LogP contribution is -2.46. The van der Waals surface area contributed by atoms with Gasteiger partial charge in [-0.2, -0.15) is 0 Å². The predicted octanol–water partition coefficient (Wildman–Crippen LogP) is 3.03. The number of hydrogen-bond donors (Lipinski definition) is 1. The Balaban J connectivity index is 1.69. The van der Waals surface area contributed by atoms with Gasteiger partial charge in [0.15, 0.2) is 9.84 Å². The van der Waals surface area contributed by atoms with E-state index in [1.165, 1.54) is 48.5 Å². The number of likely N-dealkylation sites (tertiary alicyclic amines) is 1. The number of rotatable bonds is 10. The first-order chi connectivity index (χ1) is 16.4. The topological polar surface area (TPSA) is 121 Å². The van der Waals surface area contributed by atoms with Crippen LogP contribution in [0.3, 0.4) is 0 Å². The van der Waals surface area contributed by atoms with Crippen molar-refractivity contribution >= 4 is 28.1 Å². The highest BCUT2D eigenvalue weighted by molar-refractivity contribution is 7.91. The Morgan fingerprint density at radius 1 is 1.11 bits per heavy atom. The fourth-order valence-electron chi connectivity index (χ4n) is 3.72. The lowest BCUT2D eigenvalue weighted by molar-refractivity contribution is -0.165. The molecule has 2 atom stereocenters. The van der Waals surface area contributed by atoms with Crippen molar-refractivity contribution in [3.63, 3.8) is 0 Å². The van der Waals surface area contributed by atoms with Gasteiger partial charge in [0.1, 0.15) is 17.3 Å². The molecule has 1 N–H and O–H groups in total. The molecule has 1 heterocycles. The minimum Gasteiger partial charge on any atom is -0.457 e. The molecule has 0 bridgehead atoms. The van der Waals surface area contributed by atoms with Crippen molar-refractivity contribution in [2.75, 3.05) is 12.3 Å². The molecule has 11 heteroatoms. The van der Waals surface area contributed by atoms with Crippen molar-refractivity contribution < 1.29 is 37.1 Å². The largest absolute Gasteiger partial charge is 0.457 e. The van der Waals surface area contributed by atoms with Gasteiger partial charge in [0.05, 0.1) is 28.6 Å². The van der Waals surface area contributed by atoms with Crippen molar-refractivity contribution in [3.05, 3.63) is 54.3 Å². The molecule has 1 aliphatic heterocycles. The van der Waals surface area contributed by atoms with Gasteiger partial charge in [-0.05, 0) is 55.0 Å². The Labute approximate surface area is 203 Å². The summed E-state index contributed by atoms with van der Waals surface area (Å²) >= 11 is 0. The first-order valence-electron chi connectivity index (χ1n) is 10.9. The molecule has 35 heavy (non-hydrogen) atoms. The van der Waals surface area contributed by atoms with E-state index in [-0.39, 0.29) is 29.3 Å². The molecule has 1 saturated heterocycles. The molecule has 0 aromatic heterocycles. The summed E-state index contributed by atoms with van der Waals surface area (Å²) in [6, 6.07) is 9.83. The molecule has 0 saturated carbocycles. The SMILES string of the molecule is CC1C(=O)N(C[C@@H](CCS(=O)(=O)c2ccc(Oc3ccc(F)cc3)cc2)N(O)C=O)C(=O)C1(C)C. The zero-order valence-corrected chi connectivity index (χ0v) is 20.4. The highest BCUT2D eigenvalue weighted by Crippen LogP contribution is 2.37. The summed E-state index contributed by atoms with van der Waals surface area (Å²) in [6.07, 6.45) is -0.101. The minimum atomic E-state index is -3.83. The molecule has 9 nitrogen and oxygen atoms in total. The number of halogens is 1. The maximum Gasteiger partial charge on any atom is 0.235 e. The molecule has 2 aromatic carbocycles. The van der Waals surface area contributed by atoms with Gasteiger partial charge in [-0.1, -0.05) is 20.8 Å². The van der Waals surface area contributed by atoms with Crippen LogP contribution in [-0.4, -0.2) is 60.2 Å². The molecular formula is C24H27FN2O7S. The lowest BCUT2D eigenvalue weighted by atomic mass is 9.82. The van der Waals surface area contributed by atoms with Crippen molar-refractivity contribution in [1.82, 2.24) is 9.96 Å². The summed E-state index contributed by atoms with van der Waals surface area (Å²) in [4.78, 5) is 37.3. The molecular weight excluding hydrogens is 479 g/mol. The number of hydroxylamine groups is 2. The smallest absolute Gasteiger partial charge is 0.235 e. The molecule has 0 aliphatic carbocycles. The molecule has 188 valence electrons. The summed E-state index contributed by atoms with van der Waals surface area (Å²) < 4.78 is 44.3.